The number of sulfone groups is 1. The molecular formula is C15H17NO4S. The molecule has 1 heterocycles. The Morgan fingerprint density at radius 3 is 2.52 bits per heavy atom. The summed E-state index contributed by atoms with van der Waals surface area (Å²) in [5.74, 6) is 1.08. The number of amides is 1. The highest BCUT2D eigenvalue weighted by Crippen LogP contribution is 2.17. The van der Waals surface area contributed by atoms with Gasteiger partial charge in [-0.1, -0.05) is 6.07 Å². The molecule has 1 amide bonds. The third kappa shape index (κ3) is 3.72. The van der Waals surface area contributed by atoms with Crippen molar-refractivity contribution >= 4 is 15.7 Å². The van der Waals surface area contributed by atoms with Crippen molar-refractivity contribution in [2.75, 3.05) is 6.26 Å². The van der Waals surface area contributed by atoms with Crippen LogP contribution in [-0.2, 0) is 9.84 Å². The van der Waals surface area contributed by atoms with Gasteiger partial charge in [-0.05, 0) is 44.2 Å². The van der Waals surface area contributed by atoms with E-state index in [1.165, 1.54) is 12.1 Å². The molecule has 0 spiro atoms. The summed E-state index contributed by atoms with van der Waals surface area (Å²) < 4.78 is 28.5. The molecular weight excluding hydrogens is 290 g/mol. The van der Waals surface area contributed by atoms with Gasteiger partial charge in [0.1, 0.15) is 11.5 Å². The molecule has 0 fully saturated rings. The van der Waals surface area contributed by atoms with Crippen molar-refractivity contribution in [1.29, 1.82) is 0 Å². The molecule has 1 unspecified atom stereocenters. The monoisotopic (exact) mass is 307 g/mol. The predicted molar refractivity (Wildman–Crippen MR) is 78.9 cm³/mol. The number of furan rings is 1. The zero-order valence-corrected chi connectivity index (χ0v) is 12.9. The number of hydrogen-bond acceptors (Lipinski definition) is 4. The number of nitrogens with one attached hydrogen (secondary N) is 1. The normalized spacial score (nSPS) is 12.9. The van der Waals surface area contributed by atoms with Gasteiger partial charge in [0, 0.05) is 11.8 Å². The zero-order valence-electron chi connectivity index (χ0n) is 12.1. The van der Waals surface area contributed by atoms with Gasteiger partial charge in [-0.15, -0.1) is 0 Å². The minimum absolute atomic E-state index is 0.122. The van der Waals surface area contributed by atoms with E-state index in [9.17, 15) is 13.2 Å². The van der Waals surface area contributed by atoms with Gasteiger partial charge in [0.2, 0.25) is 0 Å². The van der Waals surface area contributed by atoms with Crippen LogP contribution in [0, 0.1) is 6.92 Å². The van der Waals surface area contributed by atoms with Crippen LogP contribution >= 0.6 is 0 Å². The van der Waals surface area contributed by atoms with Crippen molar-refractivity contribution in [2.24, 2.45) is 0 Å². The standard InChI is InChI=1S/C15H17NO4S/c1-10-7-8-14(20-10)11(2)16-15(17)12-5-4-6-13(9-12)21(3,18)19/h4-9,11H,1-3H3,(H,16,17). The molecule has 2 rings (SSSR count). The van der Waals surface area contributed by atoms with Crippen LogP contribution in [0.2, 0.25) is 0 Å². The molecule has 0 saturated carbocycles. The first kappa shape index (κ1) is 15.3. The number of carbonyl (C=O) groups excluding carboxylic acids is 1. The Morgan fingerprint density at radius 1 is 1.24 bits per heavy atom. The van der Waals surface area contributed by atoms with Gasteiger partial charge in [0.05, 0.1) is 10.9 Å². The van der Waals surface area contributed by atoms with E-state index in [-0.39, 0.29) is 16.8 Å². The Kier molecular flexibility index (Phi) is 4.18. The summed E-state index contributed by atoms with van der Waals surface area (Å²) in [6.45, 7) is 3.63. The molecule has 0 saturated heterocycles. The number of hydrogen-bond donors (Lipinski definition) is 1. The van der Waals surface area contributed by atoms with Gasteiger partial charge in [-0.3, -0.25) is 4.79 Å². The summed E-state index contributed by atoms with van der Waals surface area (Å²) in [4.78, 5) is 12.3. The van der Waals surface area contributed by atoms with E-state index in [4.69, 9.17) is 4.42 Å². The minimum Gasteiger partial charge on any atom is -0.464 e. The molecule has 112 valence electrons. The van der Waals surface area contributed by atoms with Gasteiger partial charge in [0.25, 0.3) is 5.91 Å². The van der Waals surface area contributed by atoms with Crippen LogP contribution in [0.15, 0.2) is 45.7 Å². The highest BCUT2D eigenvalue weighted by atomic mass is 32.2. The third-order valence-corrected chi connectivity index (χ3v) is 4.17. The summed E-state index contributed by atoms with van der Waals surface area (Å²) >= 11 is 0. The molecule has 21 heavy (non-hydrogen) atoms. The lowest BCUT2D eigenvalue weighted by molar-refractivity contribution is 0.0935. The topological polar surface area (TPSA) is 76.4 Å². The number of carbonyl (C=O) groups is 1. The van der Waals surface area contributed by atoms with Gasteiger partial charge < -0.3 is 9.73 Å². The van der Waals surface area contributed by atoms with Crippen LogP contribution < -0.4 is 5.32 Å². The number of aryl methyl sites for hydroxylation is 1. The van der Waals surface area contributed by atoms with E-state index < -0.39 is 9.84 Å². The summed E-state index contributed by atoms with van der Waals surface area (Å²) in [7, 11) is -3.33. The fourth-order valence-electron chi connectivity index (χ4n) is 1.91. The van der Waals surface area contributed by atoms with Crippen molar-refractivity contribution in [3.05, 3.63) is 53.5 Å². The average molecular weight is 307 g/mol. The maximum Gasteiger partial charge on any atom is 0.251 e. The second-order valence-corrected chi connectivity index (χ2v) is 6.96. The summed E-state index contributed by atoms with van der Waals surface area (Å²) in [6, 6.07) is 9.27. The maximum atomic E-state index is 12.2. The van der Waals surface area contributed by atoms with Crippen molar-refractivity contribution in [3.63, 3.8) is 0 Å². The predicted octanol–water partition coefficient (Wildman–Crippen LogP) is 2.48. The Labute approximate surface area is 123 Å². The Bertz CT molecular complexity index is 761. The van der Waals surface area contributed by atoms with Crippen LogP contribution in [-0.4, -0.2) is 20.6 Å². The highest BCUT2D eigenvalue weighted by molar-refractivity contribution is 7.90. The van der Waals surface area contributed by atoms with Crippen molar-refractivity contribution in [2.45, 2.75) is 24.8 Å². The van der Waals surface area contributed by atoms with E-state index in [2.05, 4.69) is 5.32 Å². The lowest BCUT2D eigenvalue weighted by Crippen LogP contribution is -2.26. The third-order valence-electron chi connectivity index (χ3n) is 3.06. The first-order valence-electron chi connectivity index (χ1n) is 6.44. The number of benzene rings is 1. The van der Waals surface area contributed by atoms with Gasteiger partial charge in [-0.2, -0.15) is 0 Å². The summed E-state index contributed by atoms with van der Waals surface area (Å²) in [5, 5.41) is 2.78. The minimum atomic E-state index is -3.33. The second kappa shape index (κ2) is 5.73. The van der Waals surface area contributed by atoms with Crippen LogP contribution in [0.1, 0.15) is 34.8 Å². The SMILES string of the molecule is Cc1ccc(C(C)NC(=O)c2cccc(S(C)(=O)=O)c2)o1. The molecule has 6 heteroatoms. The zero-order chi connectivity index (χ0) is 15.6. The lowest BCUT2D eigenvalue weighted by atomic mass is 10.2. The summed E-state index contributed by atoms with van der Waals surface area (Å²) in [5.41, 5.74) is 0.299. The largest absolute Gasteiger partial charge is 0.464 e. The fraction of sp³-hybridized carbons (Fsp3) is 0.267. The molecule has 1 N–H and O–H groups in total. The molecule has 1 atom stereocenters. The van der Waals surface area contributed by atoms with Crippen LogP contribution in [0.4, 0.5) is 0 Å². The molecule has 0 aliphatic rings. The molecule has 2 aromatic rings. The molecule has 1 aromatic heterocycles. The van der Waals surface area contributed by atoms with Gasteiger partial charge in [0.15, 0.2) is 9.84 Å². The molecule has 0 radical (unpaired) electrons. The molecule has 1 aromatic carbocycles. The summed E-state index contributed by atoms with van der Waals surface area (Å²) in [6.07, 6.45) is 1.11. The van der Waals surface area contributed by atoms with Gasteiger partial charge >= 0.3 is 0 Å². The van der Waals surface area contributed by atoms with E-state index in [1.54, 1.807) is 25.1 Å². The van der Waals surface area contributed by atoms with E-state index in [0.717, 1.165) is 12.0 Å². The fourth-order valence-corrected chi connectivity index (χ4v) is 2.57. The van der Waals surface area contributed by atoms with E-state index in [1.807, 2.05) is 13.0 Å². The van der Waals surface area contributed by atoms with E-state index >= 15 is 0 Å². The van der Waals surface area contributed by atoms with Gasteiger partial charge in [-0.25, -0.2) is 8.42 Å². The van der Waals surface area contributed by atoms with Crippen LogP contribution in [0.5, 0.6) is 0 Å². The smallest absolute Gasteiger partial charge is 0.251 e. The quantitative estimate of drug-likeness (QED) is 0.941. The Morgan fingerprint density at radius 2 is 1.95 bits per heavy atom. The van der Waals surface area contributed by atoms with Crippen molar-refractivity contribution < 1.29 is 17.6 Å². The van der Waals surface area contributed by atoms with E-state index in [0.29, 0.717) is 11.3 Å². The number of rotatable bonds is 4. The Balaban J connectivity index is 2.17. The molecule has 5 nitrogen and oxygen atoms in total. The Hall–Kier alpha value is -2.08. The maximum absolute atomic E-state index is 12.2. The molecule has 0 bridgehead atoms. The second-order valence-electron chi connectivity index (χ2n) is 4.94. The van der Waals surface area contributed by atoms with Crippen LogP contribution in [0.25, 0.3) is 0 Å². The average Bonchev–Trinajstić information content (AvgIpc) is 2.84. The lowest BCUT2D eigenvalue weighted by Gasteiger charge is -2.12. The van der Waals surface area contributed by atoms with Crippen molar-refractivity contribution in [3.8, 4) is 0 Å². The first-order valence-corrected chi connectivity index (χ1v) is 8.34. The molecule has 0 aliphatic carbocycles. The first-order chi connectivity index (χ1) is 9.77. The highest BCUT2D eigenvalue weighted by Gasteiger charge is 2.16. The molecule has 0 aliphatic heterocycles. The van der Waals surface area contributed by atoms with Crippen molar-refractivity contribution in [1.82, 2.24) is 5.32 Å². The van der Waals surface area contributed by atoms with Crippen LogP contribution in [0.3, 0.4) is 0 Å².